The van der Waals surface area contributed by atoms with E-state index in [1.165, 1.54) is 18.5 Å². The van der Waals surface area contributed by atoms with Gasteiger partial charge in [0.15, 0.2) is 0 Å². The molecule has 1 fully saturated rings. The molecule has 0 bridgehead atoms. The van der Waals surface area contributed by atoms with E-state index < -0.39 is 0 Å². The van der Waals surface area contributed by atoms with Gasteiger partial charge >= 0.3 is 6.03 Å². The summed E-state index contributed by atoms with van der Waals surface area (Å²) in [5.41, 5.74) is 2.31. The molecular formula is C16H26N4O2. The average Bonchev–Trinajstić information content (AvgIpc) is 3.23. The highest BCUT2D eigenvalue weighted by Gasteiger charge is 2.34. The van der Waals surface area contributed by atoms with Crippen molar-refractivity contribution >= 4 is 6.03 Å². The molecule has 0 spiro atoms. The second-order valence-corrected chi connectivity index (χ2v) is 6.59. The van der Waals surface area contributed by atoms with Crippen LogP contribution in [0.4, 0.5) is 4.79 Å². The van der Waals surface area contributed by atoms with Gasteiger partial charge in [-0.3, -0.25) is 0 Å². The van der Waals surface area contributed by atoms with Gasteiger partial charge in [0.2, 0.25) is 0 Å². The lowest BCUT2D eigenvalue weighted by atomic mass is 9.99. The molecule has 2 amide bonds. The SMILES string of the molecule is CCOC[C@H]1CN(C(=O)N(C)C)Cc2ncn(CC3CC3)c21. The first-order valence-electron chi connectivity index (χ1n) is 8.18. The highest BCUT2D eigenvalue weighted by atomic mass is 16.5. The molecule has 0 saturated heterocycles. The summed E-state index contributed by atoms with van der Waals surface area (Å²) in [6.45, 7) is 5.73. The van der Waals surface area contributed by atoms with E-state index >= 15 is 0 Å². The quantitative estimate of drug-likeness (QED) is 0.835. The minimum atomic E-state index is 0.0453. The van der Waals surface area contributed by atoms with Crippen LogP contribution >= 0.6 is 0 Å². The Kier molecular flexibility index (Phi) is 4.38. The van der Waals surface area contributed by atoms with Gasteiger partial charge in [-0.05, 0) is 25.7 Å². The van der Waals surface area contributed by atoms with Crippen LogP contribution in [0.3, 0.4) is 0 Å². The first kappa shape index (κ1) is 15.3. The molecule has 0 N–H and O–H groups in total. The predicted octanol–water partition coefficient (Wildman–Crippen LogP) is 1.91. The Labute approximate surface area is 132 Å². The molecule has 2 aliphatic rings. The lowest BCUT2D eigenvalue weighted by Crippen LogP contribution is -2.44. The van der Waals surface area contributed by atoms with Crippen LogP contribution in [0, 0.1) is 5.92 Å². The zero-order valence-electron chi connectivity index (χ0n) is 13.8. The number of carbonyl (C=O) groups excluding carboxylic acids is 1. The van der Waals surface area contributed by atoms with E-state index in [0.717, 1.165) is 18.2 Å². The van der Waals surface area contributed by atoms with Crippen LogP contribution in [0.5, 0.6) is 0 Å². The first-order chi connectivity index (χ1) is 10.6. The van der Waals surface area contributed by atoms with Crippen molar-refractivity contribution in [2.75, 3.05) is 33.9 Å². The molecule has 1 aliphatic heterocycles. The molecule has 1 aliphatic carbocycles. The molecule has 122 valence electrons. The number of carbonyl (C=O) groups is 1. The molecule has 2 heterocycles. The fourth-order valence-corrected chi connectivity index (χ4v) is 3.17. The molecule has 1 aromatic heterocycles. The van der Waals surface area contributed by atoms with Crippen LogP contribution in [-0.2, 0) is 17.8 Å². The maximum Gasteiger partial charge on any atom is 0.319 e. The number of rotatable bonds is 5. The van der Waals surface area contributed by atoms with E-state index in [0.29, 0.717) is 26.3 Å². The Bertz CT molecular complexity index is 536. The molecule has 6 heteroatoms. The zero-order valence-corrected chi connectivity index (χ0v) is 13.8. The Morgan fingerprint density at radius 2 is 2.23 bits per heavy atom. The van der Waals surface area contributed by atoms with Gasteiger partial charge in [-0.1, -0.05) is 0 Å². The van der Waals surface area contributed by atoms with E-state index in [-0.39, 0.29) is 11.9 Å². The lowest BCUT2D eigenvalue weighted by molar-refractivity contribution is 0.104. The molecule has 3 rings (SSSR count). The number of urea groups is 1. The third kappa shape index (κ3) is 3.11. The van der Waals surface area contributed by atoms with Crippen LogP contribution in [0.15, 0.2) is 6.33 Å². The standard InChI is InChI=1S/C16H26N4O2/c1-4-22-10-13-8-19(16(21)18(2)3)9-14-15(13)20(11-17-14)7-12-5-6-12/h11-13H,4-10H2,1-3H3/t13-/m1/s1. The van der Waals surface area contributed by atoms with E-state index in [1.54, 1.807) is 19.0 Å². The van der Waals surface area contributed by atoms with Crippen molar-refractivity contribution in [1.82, 2.24) is 19.4 Å². The monoisotopic (exact) mass is 306 g/mol. The van der Waals surface area contributed by atoms with E-state index in [9.17, 15) is 4.79 Å². The van der Waals surface area contributed by atoms with Crippen LogP contribution in [0.1, 0.15) is 37.1 Å². The first-order valence-corrected chi connectivity index (χ1v) is 8.18. The Hall–Kier alpha value is -1.56. The van der Waals surface area contributed by atoms with Crippen molar-refractivity contribution in [2.24, 2.45) is 5.92 Å². The Balaban J connectivity index is 1.83. The van der Waals surface area contributed by atoms with Crippen LogP contribution in [0.2, 0.25) is 0 Å². The van der Waals surface area contributed by atoms with Gasteiger partial charge in [0.1, 0.15) is 0 Å². The van der Waals surface area contributed by atoms with Crippen molar-refractivity contribution in [3.63, 3.8) is 0 Å². The summed E-state index contributed by atoms with van der Waals surface area (Å²) in [6.07, 6.45) is 4.61. The summed E-state index contributed by atoms with van der Waals surface area (Å²) in [4.78, 5) is 20.4. The summed E-state index contributed by atoms with van der Waals surface area (Å²) < 4.78 is 7.97. The van der Waals surface area contributed by atoms with Gasteiger partial charge < -0.3 is 19.1 Å². The Morgan fingerprint density at radius 3 is 2.86 bits per heavy atom. The molecule has 0 aromatic carbocycles. The summed E-state index contributed by atoms with van der Waals surface area (Å²) in [5, 5.41) is 0. The lowest BCUT2D eigenvalue weighted by Gasteiger charge is -2.34. The smallest absolute Gasteiger partial charge is 0.319 e. The summed E-state index contributed by atoms with van der Waals surface area (Å²) in [7, 11) is 3.59. The van der Waals surface area contributed by atoms with Gasteiger partial charge in [-0.15, -0.1) is 0 Å². The van der Waals surface area contributed by atoms with E-state index in [1.807, 2.05) is 18.2 Å². The second kappa shape index (κ2) is 6.28. The van der Waals surface area contributed by atoms with Crippen molar-refractivity contribution in [2.45, 2.75) is 38.8 Å². The minimum Gasteiger partial charge on any atom is -0.381 e. The van der Waals surface area contributed by atoms with Crippen LogP contribution in [-0.4, -0.2) is 59.2 Å². The third-order valence-electron chi connectivity index (χ3n) is 4.45. The maximum atomic E-state index is 12.3. The van der Waals surface area contributed by atoms with Gasteiger partial charge in [-0.2, -0.15) is 0 Å². The molecule has 1 saturated carbocycles. The average molecular weight is 306 g/mol. The van der Waals surface area contributed by atoms with Gasteiger partial charge in [0.05, 0.1) is 25.2 Å². The minimum absolute atomic E-state index is 0.0453. The van der Waals surface area contributed by atoms with Gasteiger partial charge in [0, 0.05) is 45.4 Å². The van der Waals surface area contributed by atoms with E-state index in [2.05, 4.69) is 9.55 Å². The van der Waals surface area contributed by atoms with Gasteiger partial charge in [-0.25, -0.2) is 9.78 Å². The number of aromatic nitrogens is 2. The molecule has 0 unspecified atom stereocenters. The van der Waals surface area contributed by atoms with Gasteiger partial charge in [0.25, 0.3) is 0 Å². The number of imidazole rings is 1. The third-order valence-corrected chi connectivity index (χ3v) is 4.45. The normalized spacial score (nSPS) is 20.9. The number of hydrogen-bond donors (Lipinski definition) is 0. The zero-order chi connectivity index (χ0) is 15.7. The fourth-order valence-electron chi connectivity index (χ4n) is 3.17. The number of hydrogen-bond acceptors (Lipinski definition) is 3. The van der Waals surface area contributed by atoms with Crippen molar-refractivity contribution in [3.8, 4) is 0 Å². The van der Waals surface area contributed by atoms with Crippen LogP contribution in [0.25, 0.3) is 0 Å². The Morgan fingerprint density at radius 1 is 1.45 bits per heavy atom. The fraction of sp³-hybridized carbons (Fsp3) is 0.750. The molecule has 1 aromatic rings. The highest BCUT2D eigenvalue weighted by Crippen LogP contribution is 2.34. The summed E-state index contributed by atoms with van der Waals surface area (Å²) in [6, 6.07) is 0.0453. The number of nitrogens with zero attached hydrogens (tertiary/aromatic N) is 4. The second-order valence-electron chi connectivity index (χ2n) is 6.59. The summed E-state index contributed by atoms with van der Waals surface area (Å²) in [5.74, 6) is 1.03. The molecular weight excluding hydrogens is 280 g/mol. The molecule has 0 radical (unpaired) electrons. The van der Waals surface area contributed by atoms with Crippen molar-refractivity contribution in [1.29, 1.82) is 0 Å². The highest BCUT2D eigenvalue weighted by molar-refractivity contribution is 5.74. The van der Waals surface area contributed by atoms with Crippen molar-refractivity contribution < 1.29 is 9.53 Å². The largest absolute Gasteiger partial charge is 0.381 e. The predicted molar refractivity (Wildman–Crippen MR) is 83.7 cm³/mol. The topological polar surface area (TPSA) is 50.6 Å². The van der Waals surface area contributed by atoms with Crippen LogP contribution < -0.4 is 0 Å². The number of fused-ring (bicyclic) bond motifs is 1. The maximum absolute atomic E-state index is 12.3. The molecule has 6 nitrogen and oxygen atoms in total. The van der Waals surface area contributed by atoms with E-state index in [4.69, 9.17) is 4.74 Å². The molecule has 1 atom stereocenters. The summed E-state index contributed by atoms with van der Waals surface area (Å²) >= 11 is 0. The number of amides is 2. The molecule has 22 heavy (non-hydrogen) atoms. The van der Waals surface area contributed by atoms with Crippen molar-refractivity contribution in [3.05, 3.63) is 17.7 Å². The number of ether oxygens (including phenoxy) is 1.